The molecule has 1 fully saturated rings. The highest BCUT2D eigenvalue weighted by Crippen LogP contribution is 2.19. The fraction of sp³-hybridized carbons (Fsp3) is 0.222. The van der Waals surface area contributed by atoms with Crippen LogP contribution in [0, 0.1) is 5.82 Å². The van der Waals surface area contributed by atoms with E-state index in [1.165, 1.54) is 6.07 Å². The molecule has 24 heavy (non-hydrogen) atoms. The molecule has 5 nitrogen and oxygen atoms in total. The van der Waals surface area contributed by atoms with Gasteiger partial charge in [-0.15, -0.1) is 0 Å². The fourth-order valence-electron chi connectivity index (χ4n) is 2.24. The number of anilines is 2. The predicted octanol–water partition coefficient (Wildman–Crippen LogP) is 3.29. The van der Waals surface area contributed by atoms with E-state index in [1.807, 2.05) is 0 Å². The first-order chi connectivity index (χ1) is 11.6. The van der Waals surface area contributed by atoms with Gasteiger partial charge in [0.25, 0.3) is 0 Å². The molecule has 0 saturated heterocycles. The zero-order valence-electron chi connectivity index (χ0n) is 13.0. The van der Waals surface area contributed by atoms with Crippen molar-refractivity contribution in [3.63, 3.8) is 0 Å². The minimum absolute atomic E-state index is 0.0313. The number of nitrogens with one attached hydrogen (secondary N) is 3. The van der Waals surface area contributed by atoms with E-state index in [9.17, 15) is 14.0 Å². The molecule has 1 saturated carbocycles. The van der Waals surface area contributed by atoms with Gasteiger partial charge in [-0.3, -0.25) is 4.79 Å². The molecule has 2 aromatic rings. The van der Waals surface area contributed by atoms with Crippen molar-refractivity contribution < 1.29 is 14.0 Å². The van der Waals surface area contributed by atoms with Gasteiger partial charge in [0, 0.05) is 17.4 Å². The van der Waals surface area contributed by atoms with E-state index in [2.05, 4.69) is 16.0 Å². The van der Waals surface area contributed by atoms with E-state index in [-0.39, 0.29) is 18.4 Å². The number of amides is 3. The summed E-state index contributed by atoms with van der Waals surface area (Å²) in [7, 11) is 0. The van der Waals surface area contributed by atoms with Crippen molar-refractivity contribution in [3.05, 3.63) is 59.9 Å². The monoisotopic (exact) mass is 327 g/mol. The van der Waals surface area contributed by atoms with Crippen LogP contribution in [0.1, 0.15) is 18.4 Å². The molecule has 2 aromatic carbocycles. The Kier molecular flexibility index (Phi) is 4.74. The number of hydrogen-bond acceptors (Lipinski definition) is 2. The van der Waals surface area contributed by atoms with Crippen LogP contribution in [-0.2, 0) is 11.2 Å². The van der Waals surface area contributed by atoms with Crippen LogP contribution in [0.25, 0.3) is 0 Å². The van der Waals surface area contributed by atoms with Crippen LogP contribution in [0.3, 0.4) is 0 Å². The molecule has 0 spiro atoms. The summed E-state index contributed by atoms with van der Waals surface area (Å²) in [5, 5.41) is 8.26. The second-order valence-electron chi connectivity index (χ2n) is 5.77. The van der Waals surface area contributed by atoms with Crippen molar-refractivity contribution in [1.82, 2.24) is 5.32 Å². The van der Waals surface area contributed by atoms with Gasteiger partial charge in [0.15, 0.2) is 0 Å². The number of benzene rings is 2. The quantitative estimate of drug-likeness (QED) is 0.788. The maximum Gasteiger partial charge on any atom is 0.319 e. The highest BCUT2D eigenvalue weighted by Gasteiger charge is 2.23. The van der Waals surface area contributed by atoms with Gasteiger partial charge in [0.05, 0.1) is 6.42 Å². The number of hydrogen-bond donors (Lipinski definition) is 3. The average molecular weight is 327 g/mol. The molecule has 3 rings (SSSR count). The van der Waals surface area contributed by atoms with Crippen LogP contribution in [0.2, 0.25) is 0 Å². The summed E-state index contributed by atoms with van der Waals surface area (Å²) in [5.74, 6) is -0.693. The summed E-state index contributed by atoms with van der Waals surface area (Å²) < 4.78 is 13.5. The van der Waals surface area contributed by atoms with Gasteiger partial charge in [-0.1, -0.05) is 18.2 Å². The van der Waals surface area contributed by atoms with Crippen molar-refractivity contribution >= 4 is 23.3 Å². The topological polar surface area (TPSA) is 70.2 Å². The normalized spacial score (nSPS) is 13.2. The van der Waals surface area contributed by atoms with Crippen molar-refractivity contribution in [2.24, 2.45) is 0 Å². The molecule has 0 unspecified atom stereocenters. The third-order valence-electron chi connectivity index (χ3n) is 3.65. The Morgan fingerprint density at radius 1 is 0.958 bits per heavy atom. The lowest BCUT2D eigenvalue weighted by Crippen LogP contribution is -2.30. The van der Waals surface area contributed by atoms with Crippen LogP contribution in [0.4, 0.5) is 20.6 Å². The van der Waals surface area contributed by atoms with E-state index in [0.29, 0.717) is 23.0 Å². The van der Waals surface area contributed by atoms with Gasteiger partial charge in [0.1, 0.15) is 5.82 Å². The molecule has 0 bridgehead atoms. The molecular weight excluding hydrogens is 309 g/mol. The highest BCUT2D eigenvalue weighted by molar-refractivity contribution is 5.93. The van der Waals surface area contributed by atoms with Crippen LogP contribution >= 0.6 is 0 Å². The zero-order chi connectivity index (χ0) is 16.9. The third-order valence-corrected chi connectivity index (χ3v) is 3.65. The van der Waals surface area contributed by atoms with Crippen molar-refractivity contribution in [1.29, 1.82) is 0 Å². The molecule has 3 N–H and O–H groups in total. The summed E-state index contributed by atoms with van der Waals surface area (Å²) in [6, 6.07) is 13.0. The number of carbonyl (C=O) groups excluding carboxylic acids is 2. The lowest BCUT2D eigenvalue weighted by molar-refractivity contribution is -0.115. The van der Waals surface area contributed by atoms with E-state index < -0.39 is 5.82 Å². The van der Waals surface area contributed by atoms with Crippen molar-refractivity contribution in [3.8, 4) is 0 Å². The van der Waals surface area contributed by atoms with Gasteiger partial charge >= 0.3 is 6.03 Å². The number of carbonyl (C=O) groups is 2. The summed E-state index contributed by atoms with van der Waals surface area (Å²) >= 11 is 0. The largest absolute Gasteiger partial charge is 0.335 e. The second-order valence-corrected chi connectivity index (χ2v) is 5.77. The number of halogens is 1. The van der Waals surface area contributed by atoms with Gasteiger partial charge in [-0.2, -0.15) is 0 Å². The molecule has 0 atom stereocenters. The maximum atomic E-state index is 13.5. The summed E-state index contributed by atoms with van der Waals surface area (Å²) in [6.07, 6.45) is 2.03. The highest BCUT2D eigenvalue weighted by atomic mass is 19.1. The summed E-state index contributed by atoms with van der Waals surface area (Å²) in [5.41, 5.74) is 1.58. The van der Waals surface area contributed by atoms with Crippen molar-refractivity contribution in [2.75, 3.05) is 10.6 Å². The molecule has 1 aliphatic rings. The van der Waals surface area contributed by atoms with Gasteiger partial charge < -0.3 is 16.0 Å². The Labute approximate surface area is 139 Å². The molecule has 1 aliphatic carbocycles. The first kappa shape index (κ1) is 16.0. The average Bonchev–Trinajstić information content (AvgIpc) is 3.35. The van der Waals surface area contributed by atoms with Crippen LogP contribution in [0.5, 0.6) is 0 Å². The zero-order valence-corrected chi connectivity index (χ0v) is 13.0. The molecule has 0 aliphatic heterocycles. The van der Waals surface area contributed by atoms with Crippen LogP contribution in [-0.4, -0.2) is 18.0 Å². The first-order valence-electron chi connectivity index (χ1n) is 7.81. The number of rotatable bonds is 5. The molecule has 6 heteroatoms. The first-order valence-corrected chi connectivity index (χ1v) is 7.81. The Morgan fingerprint density at radius 2 is 1.58 bits per heavy atom. The van der Waals surface area contributed by atoms with Gasteiger partial charge in [0.2, 0.25) is 5.91 Å². The maximum absolute atomic E-state index is 13.5. The SMILES string of the molecule is O=C(Cc1ccccc1F)Nc1ccc(NC(=O)NC2CC2)cc1. The minimum atomic E-state index is -0.395. The Hall–Kier alpha value is -2.89. The van der Waals surface area contributed by atoms with Gasteiger partial charge in [-0.05, 0) is 48.7 Å². The Morgan fingerprint density at radius 3 is 2.21 bits per heavy atom. The lowest BCUT2D eigenvalue weighted by atomic mass is 10.1. The second kappa shape index (κ2) is 7.12. The molecule has 0 heterocycles. The molecule has 124 valence electrons. The van der Waals surface area contributed by atoms with E-state index >= 15 is 0 Å². The molecule has 0 radical (unpaired) electrons. The standard InChI is InChI=1S/C18H18FN3O2/c19-16-4-2-1-3-12(16)11-17(23)20-13-5-7-14(8-6-13)21-18(24)22-15-9-10-15/h1-8,15H,9-11H2,(H,20,23)(H2,21,22,24). The third kappa shape index (κ3) is 4.55. The number of urea groups is 1. The Balaban J connectivity index is 1.52. The lowest BCUT2D eigenvalue weighted by Gasteiger charge is -2.09. The Bertz CT molecular complexity index is 742. The van der Waals surface area contributed by atoms with Crippen LogP contribution in [0.15, 0.2) is 48.5 Å². The summed E-state index contributed by atoms with van der Waals surface area (Å²) in [6.45, 7) is 0. The van der Waals surface area contributed by atoms with E-state index in [1.54, 1.807) is 42.5 Å². The van der Waals surface area contributed by atoms with E-state index in [4.69, 9.17) is 0 Å². The van der Waals surface area contributed by atoms with Crippen LogP contribution < -0.4 is 16.0 Å². The van der Waals surface area contributed by atoms with E-state index in [0.717, 1.165) is 12.8 Å². The minimum Gasteiger partial charge on any atom is -0.335 e. The summed E-state index contributed by atoms with van der Waals surface area (Å²) in [4.78, 5) is 23.6. The predicted molar refractivity (Wildman–Crippen MR) is 90.4 cm³/mol. The molecular formula is C18H18FN3O2. The fourth-order valence-corrected chi connectivity index (χ4v) is 2.24. The smallest absolute Gasteiger partial charge is 0.319 e. The molecule has 0 aromatic heterocycles. The van der Waals surface area contributed by atoms with Gasteiger partial charge in [-0.25, -0.2) is 9.18 Å². The molecule has 3 amide bonds. The van der Waals surface area contributed by atoms with Crippen molar-refractivity contribution in [2.45, 2.75) is 25.3 Å².